The molecule has 0 aliphatic rings. The average Bonchev–Trinajstić information content (AvgIpc) is 2.78. The van der Waals surface area contributed by atoms with E-state index in [0.29, 0.717) is 0 Å². The number of carbonyl (C=O) groups excluding carboxylic acids is 1. The average molecular weight is 290 g/mol. The number of rotatable bonds is 4. The summed E-state index contributed by atoms with van der Waals surface area (Å²) in [6.45, 7) is 0.479. The van der Waals surface area contributed by atoms with Crippen LogP contribution in [-0.4, -0.2) is 18.6 Å². The molecule has 0 radical (unpaired) electrons. The third-order valence-electron chi connectivity index (χ3n) is 2.07. The Bertz CT molecular complexity index is 485. The molecule has 1 heterocycles. The van der Waals surface area contributed by atoms with E-state index in [1.807, 2.05) is 0 Å². The lowest BCUT2D eigenvalue weighted by Gasteiger charge is -2.06. The number of nitrogens with two attached hydrogens (primary N) is 1. The zero-order chi connectivity index (χ0) is 14.3. The summed E-state index contributed by atoms with van der Waals surface area (Å²) in [6, 6.07) is 3.56. The van der Waals surface area contributed by atoms with E-state index >= 15 is 0 Å². The van der Waals surface area contributed by atoms with Crippen LogP contribution in [0.5, 0.6) is 0 Å². The van der Waals surface area contributed by atoms with Gasteiger partial charge in [-0.15, -0.1) is 11.3 Å². The number of hydrogen-bond acceptors (Lipinski definition) is 3. The van der Waals surface area contributed by atoms with Crippen molar-refractivity contribution in [1.82, 2.24) is 5.32 Å². The molecule has 19 heavy (non-hydrogen) atoms. The third kappa shape index (κ3) is 6.84. The van der Waals surface area contributed by atoms with Gasteiger partial charge in [0.05, 0.1) is 24.4 Å². The second-order valence-corrected chi connectivity index (χ2v) is 4.83. The second-order valence-electron chi connectivity index (χ2n) is 3.66. The van der Waals surface area contributed by atoms with Gasteiger partial charge < -0.3 is 11.1 Å². The smallest absolute Gasteiger partial charge is 0.351 e. The minimum atomic E-state index is -4.30. The molecule has 0 aromatic carbocycles. The van der Waals surface area contributed by atoms with Gasteiger partial charge in [-0.1, -0.05) is 11.8 Å². The number of amides is 1. The zero-order valence-corrected chi connectivity index (χ0v) is 10.8. The molecule has 3 nitrogen and oxygen atoms in total. The normalized spacial score (nSPS) is 10.7. The molecular formula is C12H13F3N2OS. The standard InChI is InChI=1S/C12H13F3N2OS/c13-12(14,15)6-5-11(18)17-8-10-4-3-9(19-10)2-1-7-16/h3-4H,5-8,16H2,(H,17,18). The van der Waals surface area contributed by atoms with Crippen molar-refractivity contribution in [2.45, 2.75) is 25.6 Å². The SMILES string of the molecule is NCC#Cc1ccc(CNC(=O)CCC(F)(F)F)s1. The summed E-state index contributed by atoms with van der Waals surface area (Å²) in [6.07, 6.45) is -5.95. The second kappa shape index (κ2) is 7.16. The maximum absolute atomic E-state index is 11.9. The number of thiophene rings is 1. The van der Waals surface area contributed by atoms with Crippen LogP contribution in [-0.2, 0) is 11.3 Å². The van der Waals surface area contributed by atoms with Crippen LogP contribution >= 0.6 is 11.3 Å². The first kappa shape index (κ1) is 15.5. The molecule has 0 bridgehead atoms. The molecule has 0 aliphatic heterocycles. The van der Waals surface area contributed by atoms with Crippen molar-refractivity contribution in [2.24, 2.45) is 5.73 Å². The monoisotopic (exact) mass is 290 g/mol. The summed E-state index contributed by atoms with van der Waals surface area (Å²) in [5.74, 6) is 4.92. The van der Waals surface area contributed by atoms with E-state index in [2.05, 4.69) is 17.2 Å². The molecule has 0 saturated heterocycles. The summed E-state index contributed by atoms with van der Waals surface area (Å²) < 4.78 is 35.7. The fourth-order valence-electron chi connectivity index (χ4n) is 1.21. The van der Waals surface area contributed by atoms with Crippen molar-refractivity contribution < 1.29 is 18.0 Å². The predicted octanol–water partition coefficient (Wildman–Crippen LogP) is 2.02. The van der Waals surface area contributed by atoms with Gasteiger partial charge >= 0.3 is 6.18 Å². The lowest BCUT2D eigenvalue weighted by molar-refractivity contribution is -0.144. The first-order chi connectivity index (χ1) is 8.90. The van der Waals surface area contributed by atoms with Gasteiger partial charge in [-0.25, -0.2) is 0 Å². The van der Waals surface area contributed by atoms with Crippen LogP contribution in [0.3, 0.4) is 0 Å². The van der Waals surface area contributed by atoms with Gasteiger partial charge in [0.25, 0.3) is 0 Å². The van der Waals surface area contributed by atoms with Gasteiger partial charge in [-0.3, -0.25) is 4.79 Å². The van der Waals surface area contributed by atoms with E-state index in [0.717, 1.165) is 9.75 Å². The van der Waals surface area contributed by atoms with Crippen LogP contribution in [0.15, 0.2) is 12.1 Å². The molecule has 0 spiro atoms. The first-order valence-electron chi connectivity index (χ1n) is 5.52. The van der Waals surface area contributed by atoms with Crippen molar-refractivity contribution in [2.75, 3.05) is 6.54 Å². The van der Waals surface area contributed by atoms with Crippen LogP contribution in [0.1, 0.15) is 22.6 Å². The van der Waals surface area contributed by atoms with Crippen LogP contribution in [0.2, 0.25) is 0 Å². The summed E-state index contributed by atoms with van der Waals surface area (Å²) >= 11 is 1.37. The molecule has 0 unspecified atom stereocenters. The Morgan fingerprint density at radius 2 is 2.16 bits per heavy atom. The van der Waals surface area contributed by atoms with Gasteiger partial charge in [0.1, 0.15) is 0 Å². The number of hydrogen-bond donors (Lipinski definition) is 2. The van der Waals surface area contributed by atoms with Gasteiger partial charge in [-0.05, 0) is 12.1 Å². The lowest BCUT2D eigenvalue weighted by Crippen LogP contribution is -2.24. The van der Waals surface area contributed by atoms with Gasteiger partial charge in [0.2, 0.25) is 5.91 Å². The Morgan fingerprint density at radius 3 is 2.79 bits per heavy atom. The number of halogens is 3. The summed E-state index contributed by atoms with van der Waals surface area (Å²) in [5.41, 5.74) is 5.23. The van der Waals surface area contributed by atoms with E-state index in [9.17, 15) is 18.0 Å². The largest absolute Gasteiger partial charge is 0.389 e. The van der Waals surface area contributed by atoms with Crippen molar-refractivity contribution >= 4 is 17.2 Å². The van der Waals surface area contributed by atoms with Gasteiger partial charge in [-0.2, -0.15) is 13.2 Å². The van der Waals surface area contributed by atoms with Crippen LogP contribution in [0.25, 0.3) is 0 Å². The first-order valence-corrected chi connectivity index (χ1v) is 6.33. The Hall–Kier alpha value is -1.52. The Morgan fingerprint density at radius 1 is 1.42 bits per heavy atom. The fourth-order valence-corrected chi connectivity index (χ4v) is 2.03. The molecule has 104 valence electrons. The van der Waals surface area contributed by atoms with Crippen molar-refractivity contribution in [3.8, 4) is 11.8 Å². The van der Waals surface area contributed by atoms with E-state index in [1.165, 1.54) is 11.3 Å². The highest BCUT2D eigenvalue weighted by Gasteiger charge is 2.27. The number of carbonyl (C=O) groups is 1. The van der Waals surface area contributed by atoms with Gasteiger partial charge in [0, 0.05) is 11.3 Å². The highest BCUT2D eigenvalue weighted by atomic mass is 32.1. The number of alkyl halides is 3. The highest BCUT2D eigenvalue weighted by molar-refractivity contribution is 7.12. The summed E-state index contributed by atoms with van der Waals surface area (Å²) in [4.78, 5) is 12.8. The Labute approximate surface area is 113 Å². The maximum atomic E-state index is 11.9. The van der Waals surface area contributed by atoms with E-state index in [1.54, 1.807) is 12.1 Å². The predicted molar refractivity (Wildman–Crippen MR) is 67.4 cm³/mol. The van der Waals surface area contributed by atoms with Crippen LogP contribution in [0, 0.1) is 11.8 Å². The van der Waals surface area contributed by atoms with Crippen molar-refractivity contribution in [1.29, 1.82) is 0 Å². The molecule has 7 heteroatoms. The lowest BCUT2D eigenvalue weighted by atomic mass is 10.3. The summed E-state index contributed by atoms with van der Waals surface area (Å²) in [5, 5.41) is 2.44. The maximum Gasteiger partial charge on any atom is 0.389 e. The molecular weight excluding hydrogens is 277 g/mol. The molecule has 1 aromatic heterocycles. The zero-order valence-electron chi connectivity index (χ0n) is 10.0. The van der Waals surface area contributed by atoms with E-state index in [4.69, 9.17) is 5.73 Å². The Balaban J connectivity index is 2.36. The quantitative estimate of drug-likeness (QED) is 0.834. The van der Waals surface area contributed by atoms with Crippen LogP contribution < -0.4 is 11.1 Å². The fraction of sp³-hybridized carbons (Fsp3) is 0.417. The summed E-state index contributed by atoms with van der Waals surface area (Å²) in [7, 11) is 0. The van der Waals surface area contributed by atoms with Gasteiger partial charge in [0.15, 0.2) is 0 Å². The molecule has 1 rings (SSSR count). The molecule has 1 aromatic rings. The molecule has 0 saturated carbocycles. The van der Waals surface area contributed by atoms with Crippen molar-refractivity contribution in [3.63, 3.8) is 0 Å². The molecule has 3 N–H and O–H groups in total. The topological polar surface area (TPSA) is 55.1 Å². The Kier molecular flexibility index (Phi) is 5.86. The molecule has 0 fully saturated rings. The molecule has 0 aliphatic carbocycles. The van der Waals surface area contributed by atoms with Crippen molar-refractivity contribution in [3.05, 3.63) is 21.9 Å². The van der Waals surface area contributed by atoms with E-state index < -0.39 is 24.9 Å². The van der Waals surface area contributed by atoms with E-state index in [-0.39, 0.29) is 13.1 Å². The third-order valence-corrected chi connectivity index (χ3v) is 3.07. The molecule has 0 atom stereocenters. The molecule has 1 amide bonds. The minimum absolute atomic E-state index is 0.214. The highest BCUT2D eigenvalue weighted by Crippen LogP contribution is 2.21. The minimum Gasteiger partial charge on any atom is -0.351 e. The number of nitrogens with one attached hydrogen (secondary N) is 1. The van der Waals surface area contributed by atoms with Crippen LogP contribution in [0.4, 0.5) is 13.2 Å².